The second-order valence-corrected chi connectivity index (χ2v) is 4.81. The molecule has 1 aromatic carbocycles. The number of benzene rings is 1. The molecule has 1 aromatic heterocycles. The van der Waals surface area contributed by atoms with Crippen LogP contribution < -0.4 is 11.1 Å². The number of aromatic amines is 1. The summed E-state index contributed by atoms with van der Waals surface area (Å²) < 4.78 is 0. The second-order valence-electron chi connectivity index (χ2n) is 4.81. The van der Waals surface area contributed by atoms with Crippen LogP contribution in [0.3, 0.4) is 0 Å². The molecule has 2 aromatic rings. The first-order valence-electron chi connectivity index (χ1n) is 6.72. The Labute approximate surface area is 118 Å². The first-order valence-corrected chi connectivity index (χ1v) is 6.72. The molecule has 2 rings (SSSR count). The van der Waals surface area contributed by atoms with Gasteiger partial charge < -0.3 is 16.0 Å². The van der Waals surface area contributed by atoms with Crippen LogP contribution in [0.1, 0.15) is 18.9 Å². The maximum atomic E-state index is 12.0. The second kappa shape index (κ2) is 6.27. The minimum Gasteiger partial charge on any atom is -0.361 e. The average molecular weight is 269 g/mol. The number of terminal acetylenes is 1. The van der Waals surface area contributed by atoms with Gasteiger partial charge in [0.2, 0.25) is 5.91 Å². The van der Waals surface area contributed by atoms with Gasteiger partial charge in [-0.2, -0.15) is 0 Å². The molecule has 1 heterocycles. The molecule has 0 fully saturated rings. The van der Waals surface area contributed by atoms with Crippen LogP contribution in [0.15, 0.2) is 30.5 Å². The van der Waals surface area contributed by atoms with E-state index >= 15 is 0 Å². The third-order valence-corrected chi connectivity index (χ3v) is 3.38. The van der Waals surface area contributed by atoms with E-state index in [1.54, 1.807) is 0 Å². The van der Waals surface area contributed by atoms with Crippen molar-refractivity contribution in [2.45, 2.75) is 31.8 Å². The molecule has 1 amide bonds. The molecule has 4 heteroatoms. The Kier molecular flexibility index (Phi) is 4.44. The number of nitrogens with one attached hydrogen (secondary N) is 2. The summed E-state index contributed by atoms with van der Waals surface area (Å²) in [7, 11) is 0. The van der Waals surface area contributed by atoms with Gasteiger partial charge >= 0.3 is 0 Å². The summed E-state index contributed by atoms with van der Waals surface area (Å²) in [4.78, 5) is 15.2. The van der Waals surface area contributed by atoms with Gasteiger partial charge in [0.25, 0.3) is 0 Å². The summed E-state index contributed by atoms with van der Waals surface area (Å²) >= 11 is 0. The van der Waals surface area contributed by atoms with Gasteiger partial charge in [-0.05, 0) is 24.5 Å². The van der Waals surface area contributed by atoms with E-state index in [2.05, 4.69) is 16.2 Å². The van der Waals surface area contributed by atoms with E-state index in [0.29, 0.717) is 12.8 Å². The third kappa shape index (κ3) is 3.01. The molecule has 4 N–H and O–H groups in total. The van der Waals surface area contributed by atoms with Crippen molar-refractivity contribution in [3.8, 4) is 12.3 Å². The van der Waals surface area contributed by atoms with Crippen molar-refractivity contribution in [3.05, 3.63) is 36.0 Å². The zero-order chi connectivity index (χ0) is 14.5. The van der Waals surface area contributed by atoms with Crippen LogP contribution in [-0.2, 0) is 11.2 Å². The van der Waals surface area contributed by atoms with E-state index in [-0.39, 0.29) is 11.9 Å². The number of amides is 1. The molecular formula is C16H19N3O. The van der Waals surface area contributed by atoms with E-state index in [4.69, 9.17) is 12.2 Å². The Morgan fingerprint density at radius 1 is 1.50 bits per heavy atom. The van der Waals surface area contributed by atoms with Gasteiger partial charge in [0, 0.05) is 17.1 Å². The topological polar surface area (TPSA) is 70.9 Å². The van der Waals surface area contributed by atoms with Crippen molar-refractivity contribution in [3.63, 3.8) is 0 Å². The predicted molar refractivity (Wildman–Crippen MR) is 81.0 cm³/mol. The fourth-order valence-corrected chi connectivity index (χ4v) is 2.17. The highest BCUT2D eigenvalue weighted by molar-refractivity contribution is 5.86. The molecule has 0 aliphatic heterocycles. The van der Waals surface area contributed by atoms with Gasteiger partial charge in [-0.25, -0.2) is 0 Å². The molecule has 1 unspecified atom stereocenters. The number of aromatic nitrogens is 1. The number of fused-ring (bicyclic) bond motifs is 1. The monoisotopic (exact) mass is 269 g/mol. The van der Waals surface area contributed by atoms with E-state index in [1.165, 1.54) is 0 Å². The maximum absolute atomic E-state index is 12.0. The van der Waals surface area contributed by atoms with Crippen LogP contribution >= 0.6 is 0 Å². The first kappa shape index (κ1) is 14.2. The molecule has 0 radical (unpaired) electrons. The van der Waals surface area contributed by atoms with E-state index in [9.17, 15) is 4.79 Å². The third-order valence-electron chi connectivity index (χ3n) is 3.38. The molecule has 4 nitrogen and oxygen atoms in total. The van der Waals surface area contributed by atoms with Crippen molar-refractivity contribution in [1.29, 1.82) is 0 Å². The van der Waals surface area contributed by atoms with Gasteiger partial charge in [0.1, 0.15) is 0 Å². The molecule has 0 bridgehead atoms. The lowest BCUT2D eigenvalue weighted by Gasteiger charge is -2.15. The maximum Gasteiger partial charge on any atom is 0.238 e. The van der Waals surface area contributed by atoms with E-state index < -0.39 is 6.04 Å². The fraction of sp³-hybridized carbons (Fsp3) is 0.312. The number of carbonyl (C=O) groups excluding carboxylic acids is 1. The molecule has 104 valence electrons. The largest absolute Gasteiger partial charge is 0.361 e. The Bertz CT molecular complexity index is 638. The van der Waals surface area contributed by atoms with Gasteiger partial charge in [0.05, 0.1) is 12.1 Å². The Morgan fingerprint density at radius 2 is 2.25 bits per heavy atom. The highest BCUT2D eigenvalue weighted by Gasteiger charge is 2.17. The van der Waals surface area contributed by atoms with Gasteiger partial charge in [0.15, 0.2) is 0 Å². The predicted octanol–water partition coefficient (Wildman–Crippen LogP) is 1.57. The van der Waals surface area contributed by atoms with Gasteiger partial charge in [-0.3, -0.25) is 4.79 Å². The fourth-order valence-electron chi connectivity index (χ4n) is 2.17. The molecule has 20 heavy (non-hydrogen) atoms. The molecular weight excluding hydrogens is 250 g/mol. The number of nitrogens with two attached hydrogens (primary N) is 1. The Balaban J connectivity index is 2.06. The van der Waals surface area contributed by atoms with Gasteiger partial charge in [-0.15, -0.1) is 6.42 Å². The number of hydrogen-bond donors (Lipinski definition) is 3. The lowest BCUT2D eigenvalue weighted by molar-refractivity contribution is -0.122. The lowest BCUT2D eigenvalue weighted by Crippen LogP contribution is -2.45. The molecule has 0 spiro atoms. The summed E-state index contributed by atoms with van der Waals surface area (Å²) in [5.41, 5.74) is 8.05. The quantitative estimate of drug-likeness (QED) is 0.721. The van der Waals surface area contributed by atoms with Crippen molar-refractivity contribution < 1.29 is 4.79 Å². The zero-order valence-corrected chi connectivity index (χ0v) is 11.5. The van der Waals surface area contributed by atoms with Crippen LogP contribution in [-0.4, -0.2) is 23.0 Å². The van der Waals surface area contributed by atoms with Gasteiger partial charge in [-0.1, -0.05) is 31.0 Å². The molecule has 0 saturated carbocycles. The van der Waals surface area contributed by atoms with Crippen molar-refractivity contribution in [2.24, 2.45) is 5.73 Å². The van der Waals surface area contributed by atoms with Crippen molar-refractivity contribution >= 4 is 16.8 Å². The Morgan fingerprint density at radius 3 is 2.95 bits per heavy atom. The highest BCUT2D eigenvalue weighted by atomic mass is 16.2. The smallest absolute Gasteiger partial charge is 0.238 e. The van der Waals surface area contributed by atoms with Crippen molar-refractivity contribution in [2.75, 3.05) is 0 Å². The number of H-pyrrole nitrogens is 1. The summed E-state index contributed by atoms with van der Waals surface area (Å²) in [5.74, 6) is 2.32. The molecule has 0 saturated heterocycles. The minimum atomic E-state index is -0.600. The van der Waals surface area contributed by atoms with Crippen LogP contribution in [0.2, 0.25) is 0 Å². The SMILES string of the molecule is C#CC(CC)NC(=O)[C@@H](N)Cc1c[nH]c2ccccc12. The standard InChI is InChI=1S/C16H19N3O/c1-3-12(4-2)19-16(20)14(17)9-11-10-18-15-8-6-5-7-13(11)15/h1,5-8,10,12,14,18H,4,9,17H2,2H3,(H,19,20)/t12?,14-/m0/s1. The molecule has 0 aliphatic carbocycles. The van der Waals surface area contributed by atoms with Crippen LogP contribution in [0, 0.1) is 12.3 Å². The van der Waals surface area contributed by atoms with E-state index in [1.807, 2.05) is 37.4 Å². The number of carbonyl (C=O) groups is 1. The lowest BCUT2D eigenvalue weighted by atomic mass is 10.0. The van der Waals surface area contributed by atoms with Crippen molar-refractivity contribution in [1.82, 2.24) is 10.3 Å². The van der Waals surface area contributed by atoms with E-state index in [0.717, 1.165) is 16.5 Å². The summed E-state index contributed by atoms with van der Waals surface area (Å²) in [5, 5.41) is 3.86. The number of hydrogen-bond acceptors (Lipinski definition) is 2. The molecule has 2 atom stereocenters. The number of para-hydroxylation sites is 1. The first-order chi connectivity index (χ1) is 9.65. The summed E-state index contributed by atoms with van der Waals surface area (Å²) in [6.45, 7) is 1.93. The van der Waals surface area contributed by atoms with Crippen LogP contribution in [0.25, 0.3) is 10.9 Å². The summed E-state index contributed by atoms with van der Waals surface area (Å²) in [6, 6.07) is 7.09. The number of rotatable bonds is 5. The zero-order valence-electron chi connectivity index (χ0n) is 11.5. The van der Waals surface area contributed by atoms with Crippen LogP contribution in [0.5, 0.6) is 0 Å². The average Bonchev–Trinajstić information content (AvgIpc) is 2.87. The highest BCUT2D eigenvalue weighted by Crippen LogP contribution is 2.18. The summed E-state index contributed by atoms with van der Waals surface area (Å²) in [6.07, 6.45) is 8.41. The molecule has 0 aliphatic rings. The minimum absolute atomic E-state index is 0.208. The normalized spacial score (nSPS) is 13.7. The Hall–Kier alpha value is -2.25. The van der Waals surface area contributed by atoms with Crippen LogP contribution in [0.4, 0.5) is 0 Å².